The normalized spacial score (nSPS) is 23.5. The predicted molar refractivity (Wildman–Crippen MR) is 73.6 cm³/mol. The van der Waals surface area contributed by atoms with Gasteiger partial charge in [-0.3, -0.25) is 0 Å². The van der Waals surface area contributed by atoms with Gasteiger partial charge in [-0.05, 0) is 32.2 Å². The fourth-order valence-electron chi connectivity index (χ4n) is 2.49. The third kappa shape index (κ3) is 2.68. The predicted octanol–water partition coefficient (Wildman–Crippen LogP) is 3.11. The summed E-state index contributed by atoms with van der Waals surface area (Å²) in [7, 11) is 0. The van der Waals surface area contributed by atoms with Gasteiger partial charge >= 0.3 is 0 Å². The molecule has 1 aliphatic heterocycles. The summed E-state index contributed by atoms with van der Waals surface area (Å²) >= 11 is 0. The van der Waals surface area contributed by atoms with Gasteiger partial charge in [0.05, 0.1) is 6.04 Å². The zero-order valence-electron chi connectivity index (χ0n) is 11.4. The highest BCUT2D eigenvalue weighted by Crippen LogP contribution is 2.27. The quantitative estimate of drug-likeness (QED) is 0.898. The van der Waals surface area contributed by atoms with E-state index in [9.17, 15) is 0 Å². The molecule has 1 fully saturated rings. The third-order valence-corrected chi connectivity index (χ3v) is 3.72. The molecule has 1 aromatic heterocycles. The maximum absolute atomic E-state index is 5.41. The van der Waals surface area contributed by atoms with Crippen molar-refractivity contribution in [3.05, 3.63) is 35.7 Å². The van der Waals surface area contributed by atoms with Crippen LogP contribution in [0.25, 0.3) is 11.4 Å². The highest BCUT2D eigenvalue weighted by molar-refractivity contribution is 5.54. The second kappa shape index (κ2) is 5.13. The number of piperidine rings is 1. The van der Waals surface area contributed by atoms with Gasteiger partial charge in [0.15, 0.2) is 0 Å². The van der Waals surface area contributed by atoms with Crippen molar-refractivity contribution in [2.45, 2.75) is 32.7 Å². The van der Waals surface area contributed by atoms with E-state index >= 15 is 0 Å². The van der Waals surface area contributed by atoms with Crippen LogP contribution < -0.4 is 5.32 Å². The molecule has 0 amide bonds. The molecule has 0 aliphatic carbocycles. The SMILES string of the molecule is Cc1ccc(-c2noc(C3CC(C)CCN3)n2)cc1. The standard InChI is InChI=1S/C15H19N3O/c1-10-3-5-12(6-4-10)14-17-15(19-18-14)13-9-11(2)7-8-16-13/h3-6,11,13,16H,7-9H2,1-2H3. The Labute approximate surface area is 113 Å². The molecule has 1 aliphatic rings. The van der Waals surface area contributed by atoms with Crippen LogP contribution in [-0.4, -0.2) is 16.7 Å². The van der Waals surface area contributed by atoms with Crippen molar-refractivity contribution >= 4 is 0 Å². The lowest BCUT2D eigenvalue weighted by atomic mass is 9.94. The summed E-state index contributed by atoms with van der Waals surface area (Å²) in [5, 5.41) is 7.53. The van der Waals surface area contributed by atoms with E-state index in [1.807, 2.05) is 12.1 Å². The van der Waals surface area contributed by atoms with Crippen LogP contribution in [0.4, 0.5) is 0 Å². The lowest BCUT2D eigenvalue weighted by Crippen LogP contribution is -2.30. The van der Waals surface area contributed by atoms with Gasteiger partial charge < -0.3 is 9.84 Å². The molecule has 1 saturated heterocycles. The van der Waals surface area contributed by atoms with E-state index in [-0.39, 0.29) is 6.04 Å². The smallest absolute Gasteiger partial charge is 0.244 e. The Hall–Kier alpha value is -1.68. The third-order valence-electron chi connectivity index (χ3n) is 3.72. The first-order chi connectivity index (χ1) is 9.22. The molecule has 1 aromatic carbocycles. The molecule has 0 radical (unpaired) electrons. The van der Waals surface area contributed by atoms with Crippen molar-refractivity contribution < 1.29 is 4.52 Å². The summed E-state index contributed by atoms with van der Waals surface area (Å²) in [4.78, 5) is 4.53. The Morgan fingerprint density at radius 1 is 1.26 bits per heavy atom. The van der Waals surface area contributed by atoms with Crippen LogP contribution in [0.3, 0.4) is 0 Å². The summed E-state index contributed by atoms with van der Waals surface area (Å²) in [5.74, 6) is 2.10. The van der Waals surface area contributed by atoms with Crippen LogP contribution in [-0.2, 0) is 0 Å². The lowest BCUT2D eigenvalue weighted by Gasteiger charge is -2.25. The van der Waals surface area contributed by atoms with Crippen LogP contribution in [0.5, 0.6) is 0 Å². The molecule has 2 aromatic rings. The molecule has 2 heterocycles. The Bertz CT molecular complexity index is 547. The van der Waals surface area contributed by atoms with Gasteiger partial charge in [0.1, 0.15) is 0 Å². The van der Waals surface area contributed by atoms with Crippen LogP contribution in [0.15, 0.2) is 28.8 Å². The Balaban J connectivity index is 1.81. The van der Waals surface area contributed by atoms with Gasteiger partial charge in [-0.1, -0.05) is 41.9 Å². The fraction of sp³-hybridized carbons (Fsp3) is 0.467. The molecule has 19 heavy (non-hydrogen) atoms. The monoisotopic (exact) mass is 257 g/mol. The van der Waals surface area contributed by atoms with Gasteiger partial charge in [0.25, 0.3) is 0 Å². The van der Waals surface area contributed by atoms with E-state index in [1.165, 1.54) is 12.0 Å². The minimum atomic E-state index is 0.204. The van der Waals surface area contributed by atoms with E-state index in [1.54, 1.807) is 0 Å². The van der Waals surface area contributed by atoms with E-state index < -0.39 is 0 Å². The zero-order valence-corrected chi connectivity index (χ0v) is 11.4. The lowest BCUT2D eigenvalue weighted by molar-refractivity contribution is 0.260. The first kappa shape index (κ1) is 12.4. The molecule has 100 valence electrons. The summed E-state index contributed by atoms with van der Waals surface area (Å²) < 4.78 is 5.41. The van der Waals surface area contributed by atoms with Gasteiger partial charge in [-0.25, -0.2) is 0 Å². The molecule has 0 saturated carbocycles. The average Bonchev–Trinajstić information content (AvgIpc) is 2.89. The number of nitrogens with zero attached hydrogens (tertiary/aromatic N) is 2. The topological polar surface area (TPSA) is 51.0 Å². The molecule has 1 N–H and O–H groups in total. The van der Waals surface area contributed by atoms with Crippen molar-refractivity contribution in [2.24, 2.45) is 5.92 Å². The summed E-state index contributed by atoms with van der Waals surface area (Å²) in [5.41, 5.74) is 2.24. The summed E-state index contributed by atoms with van der Waals surface area (Å²) in [6.07, 6.45) is 2.28. The molecule has 4 heteroatoms. The first-order valence-corrected chi connectivity index (χ1v) is 6.86. The van der Waals surface area contributed by atoms with Crippen molar-refractivity contribution in [3.8, 4) is 11.4 Å². The van der Waals surface area contributed by atoms with Crippen molar-refractivity contribution in [1.29, 1.82) is 0 Å². The van der Waals surface area contributed by atoms with Gasteiger partial charge in [0.2, 0.25) is 11.7 Å². The van der Waals surface area contributed by atoms with Gasteiger partial charge in [-0.15, -0.1) is 0 Å². The molecular weight excluding hydrogens is 238 g/mol. The Morgan fingerprint density at radius 2 is 2.05 bits per heavy atom. The summed E-state index contributed by atoms with van der Waals surface area (Å²) in [6.45, 7) is 5.36. The highest BCUT2D eigenvalue weighted by atomic mass is 16.5. The molecular formula is C15H19N3O. The Kier molecular flexibility index (Phi) is 3.34. The first-order valence-electron chi connectivity index (χ1n) is 6.86. The van der Waals surface area contributed by atoms with Gasteiger partial charge in [-0.2, -0.15) is 4.98 Å². The van der Waals surface area contributed by atoms with E-state index in [2.05, 4.69) is 41.4 Å². The number of nitrogens with one attached hydrogen (secondary N) is 1. The Morgan fingerprint density at radius 3 is 2.79 bits per heavy atom. The van der Waals surface area contributed by atoms with Crippen molar-refractivity contribution in [3.63, 3.8) is 0 Å². The number of rotatable bonds is 2. The van der Waals surface area contributed by atoms with Crippen LogP contribution in [0.1, 0.15) is 37.3 Å². The minimum Gasteiger partial charge on any atom is -0.337 e. The van der Waals surface area contributed by atoms with Crippen LogP contribution in [0.2, 0.25) is 0 Å². The minimum absolute atomic E-state index is 0.204. The fourth-order valence-corrected chi connectivity index (χ4v) is 2.49. The number of aryl methyl sites for hydroxylation is 1. The molecule has 4 nitrogen and oxygen atoms in total. The molecule has 0 spiro atoms. The van der Waals surface area contributed by atoms with Crippen LogP contribution >= 0.6 is 0 Å². The van der Waals surface area contributed by atoms with E-state index in [4.69, 9.17) is 4.52 Å². The number of hydrogen-bond acceptors (Lipinski definition) is 4. The maximum atomic E-state index is 5.41. The van der Waals surface area contributed by atoms with E-state index in [0.717, 1.165) is 18.5 Å². The number of benzene rings is 1. The number of aromatic nitrogens is 2. The van der Waals surface area contributed by atoms with Crippen molar-refractivity contribution in [1.82, 2.24) is 15.5 Å². The van der Waals surface area contributed by atoms with Crippen LogP contribution in [0, 0.1) is 12.8 Å². The number of hydrogen-bond donors (Lipinski definition) is 1. The molecule has 2 atom stereocenters. The highest BCUT2D eigenvalue weighted by Gasteiger charge is 2.24. The molecule has 2 unspecified atom stereocenters. The second-order valence-electron chi connectivity index (χ2n) is 5.46. The van der Waals surface area contributed by atoms with Gasteiger partial charge in [0, 0.05) is 5.56 Å². The van der Waals surface area contributed by atoms with E-state index in [0.29, 0.717) is 17.6 Å². The molecule has 3 rings (SSSR count). The molecule has 0 bridgehead atoms. The zero-order chi connectivity index (χ0) is 13.2. The maximum Gasteiger partial charge on any atom is 0.244 e. The van der Waals surface area contributed by atoms with Crippen molar-refractivity contribution in [2.75, 3.05) is 6.54 Å². The average molecular weight is 257 g/mol. The second-order valence-corrected chi connectivity index (χ2v) is 5.46. The largest absolute Gasteiger partial charge is 0.337 e. The summed E-state index contributed by atoms with van der Waals surface area (Å²) in [6, 6.07) is 8.39.